The molecule has 38 heavy (non-hydrogen) atoms. The van der Waals surface area contributed by atoms with Gasteiger partial charge in [0.05, 0.1) is 27.2 Å². The standard InChI is InChI=1S/C30H24ClF4N3/c1-17(2)6-7-18-8-10-20(11-9-18)26(21-12-13-25-23(14-21)29(32)38-37-25)27(19-4-3-5-19)28-24(31)15-22(16-36-28)30(33,34)35/h6-16,19H,1,3-5H2,2H3,(H,37,38)/b7-6+,27-26+. The van der Waals surface area contributed by atoms with Gasteiger partial charge in [0.2, 0.25) is 5.95 Å². The van der Waals surface area contributed by atoms with Gasteiger partial charge in [-0.25, -0.2) is 0 Å². The lowest BCUT2D eigenvalue weighted by Crippen LogP contribution is -2.17. The van der Waals surface area contributed by atoms with E-state index < -0.39 is 17.7 Å². The van der Waals surface area contributed by atoms with Crippen molar-refractivity contribution < 1.29 is 17.6 Å². The van der Waals surface area contributed by atoms with Crippen LogP contribution in [0.4, 0.5) is 17.6 Å². The highest BCUT2D eigenvalue weighted by atomic mass is 35.5. The van der Waals surface area contributed by atoms with Crippen LogP contribution in [0.5, 0.6) is 0 Å². The molecule has 0 atom stereocenters. The molecular weight excluding hydrogens is 514 g/mol. The van der Waals surface area contributed by atoms with Crippen molar-refractivity contribution in [2.24, 2.45) is 5.92 Å². The summed E-state index contributed by atoms with van der Waals surface area (Å²) in [5, 5.41) is 6.59. The Balaban J connectivity index is 1.76. The zero-order valence-corrected chi connectivity index (χ0v) is 21.3. The number of fused-ring (bicyclic) bond motifs is 1. The topological polar surface area (TPSA) is 41.6 Å². The second-order valence-corrected chi connectivity index (χ2v) is 9.95. The maximum absolute atomic E-state index is 14.5. The summed E-state index contributed by atoms with van der Waals surface area (Å²) >= 11 is 6.48. The second kappa shape index (κ2) is 10.2. The molecule has 0 bridgehead atoms. The Morgan fingerprint density at radius 1 is 1.08 bits per heavy atom. The van der Waals surface area contributed by atoms with Crippen molar-refractivity contribution in [3.63, 3.8) is 0 Å². The fraction of sp³-hybridized carbons (Fsp3) is 0.200. The molecule has 0 amide bonds. The first-order valence-corrected chi connectivity index (χ1v) is 12.5. The van der Waals surface area contributed by atoms with Crippen LogP contribution in [0.3, 0.4) is 0 Å². The van der Waals surface area contributed by atoms with Crippen LogP contribution in [-0.2, 0) is 6.18 Å². The number of rotatable bonds is 6. The molecule has 194 valence electrons. The van der Waals surface area contributed by atoms with Gasteiger partial charge in [0.15, 0.2) is 0 Å². The highest BCUT2D eigenvalue weighted by Gasteiger charge is 2.34. The van der Waals surface area contributed by atoms with Gasteiger partial charge in [0.1, 0.15) is 0 Å². The lowest BCUT2D eigenvalue weighted by Gasteiger charge is -2.31. The van der Waals surface area contributed by atoms with Crippen molar-refractivity contribution in [2.75, 3.05) is 0 Å². The van der Waals surface area contributed by atoms with E-state index in [0.29, 0.717) is 22.2 Å². The van der Waals surface area contributed by atoms with Gasteiger partial charge in [-0.15, -0.1) is 0 Å². The molecule has 1 aliphatic rings. The molecular formula is C30H24ClF4N3. The minimum atomic E-state index is -4.56. The lowest BCUT2D eigenvalue weighted by molar-refractivity contribution is -0.137. The van der Waals surface area contributed by atoms with Crippen molar-refractivity contribution in [1.82, 2.24) is 15.2 Å². The van der Waals surface area contributed by atoms with Gasteiger partial charge < -0.3 is 0 Å². The molecule has 1 saturated carbocycles. The zero-order valence-electron chi connectivity index (χ0n) is 20.5. The summed E-state index contributed by atoms with van der Waals surface area (Å²) in [7, 11) is 0. The normalized spacial score (nSPS) is 15.1. The Kier molecular flexibility index (Phi) is 6.97. The second-order valence-electron chi connectivity index (χ2n) is 9.54. The van der Waals surface area contributed by atoms with Crippen molar-refractivity contribution in [2.45, 2.75) is 32.4 Å². The molecule has 1 fully saturated rings. The molecule has 3 nitrogen and oxygen atoms in total. The van der Waals surface area contributed by atoms with Gasteiger partial charge in [-0.3, -0.25) is 10.1 Å². The summed E-state index contributed by atoms with van der Waals surface area (Å²) in [6.07, 6.45) is 2.80. The quantitative estimate of drug-likeness (QED) is 0.197. The van der Waals surface area contributed by atoms with Crippen molar-refractivity contribution in [3.8, 4) is 0 Å². The molecule has 1 N–H and O–H groups in total. The van der Waals surface area contributed by atoms with E-state index in [1.165, 1.54) is 0 Å². The maximum Gasteiger partial charge on any atom is 0.417 e. The summed E-state index contributed by atoms with van der Waals surface area (Å²) in [5.41, 5.74) is 4.77. The molecule has 0 unspecified atom stereocenters. The first-order chi connectivity index (χ1) is 18.1. The van der Waals surface area contributed by atoms with Gasteiger partial charge >= 0.3 is 6.18 Å². The molecule has 0 aliphatic heterocycles. The van der Waals surface area contributed by atoms with Crippen LogP contribution in [0.1, 0.15) is 54.1 Å². The van der Waals surface area contributed by atoms with Crippen molar-refractivity contribution in [1.29, 1.82) is 0 Å². The van der Waals surface area contributed by atoms with E-state index >= 15 is 0 Å². The van der Waals surface area contributed by atoms with Crippen LogP contribution in [0.25, 0.3) is 28.1 Å². The molecule has 1 aliphatic carbocycles. The summed E-state index contributed by atoms with van der Waals surface area (Å²) in [5.74, 6) is -0.517. The number of hydrogen-bond acceptors (Lipinski definition) is 2. The molecule has 2 aromatic heterocycles. The van der Waals surface area contributed by atoms with E-state index in [9.17, 15) is 17.6 Å². The molecule has 5 rings (SSSR count). The van der Waals surface area contributed by atoms with E-state index in [2.05, 4.69) is 21.8 Å². The molecule has 0 spiro atoms. The van der Waals surface area contributed by atoms with Crippen LogP contribution < -0.4 is 0 Å². The molecule has 8 heteroatoms. The maximum atomic E-state index is 14.5. The number of nitrogens with one attached hydrogen (secondary N) is 1. The van der Waals surface area contributed by atoms with Crippen LogP contribution in [-0.4, -0.2) is 15.2 Å². The third-order valence-corrected chi connectivity index (χ3v) is 7.05. The van der Waals surface area contributed by atoms with Crippen LogP contribution in [0, 0.1) is 11.9 Å². The van der Waals surface area contributed by atoms with Crippen LogP contribution >= 0.6 is 11.6 Å². The average molecular weight is 538 g/mol. The van der Waals surface area contributed by atoms with Crippen LogP contribution in [0.2, 0.25) is 5.02 Å². The fourth-order valence-electron chi connectivity index (χ4n) is 4.62. The monoisotopic (exact) mass is 537 g/mol. The van der Waals surface area contributed by atoms with Gasteiger partial charge in [0.25, 0.3) is 0 Å². The van der Waals surface area contributed by atoms with E-state index in [0.717, 1.165) is 59.4 Å². The SMILES string of the molecule is C=C(C)/C=C/c1ccc(/C(=C(\c2ncc(C(F)(F)F)cc2Cl)C2CCC2)c2ccc3n[nH]c(F)c3c2)cc1. The number of aromatic nitrogens is 3. The lowest BCUT2D eigenvalue weighted by atomic mass is 9.74. The Bertz CT molecular complexity index is 1580. The minimum Gasteiger partial charge on any atom is -0.254 e. The van der Waals surface area contributed by atoms with E-state index in [4.69, 9.17) is 11.6 Å². The summed E-state index contributed by atoms with van der Waals surface area (Å²) in [6, 6.07) is 14.0. The molecule has 0 radical (unpaired) electrons. The number of allylic oxidation sites excluding steroid dienone is 3. The highest BCUT2D eigenvalue weighted by molar-refractivity contribution is 6.32. The number of alkyl halides is 3. The zero-order chi connectivity index (χ0) is 27.0. The number of hydrogen-bond donors (Lipinski definition) is 1. The van der Waals surface area contributed by atoms with Crippen molar-refractivity contribution in [3.05, 3.63) is 112 Å². The molecule has 2 aromatic carbocycles. The van der Waals surface area contributed by atoms with Gasteiger partial charge in [-0.2, -0.15) is 22.7 Å². The largest absolute Gasteiger partial charge is 0.417 e. The number of benzene rings is 2. The molecule has 2 heterocycles. The smallest absolute Gasteiger partial charge is 0.254 e. The number of nitrogens with zero attached hydrogens (tertiary/aromatic N) is 2. The Labute approximate surface area is 222 Å². The minimum absolute atomic E-state index is 0.0413. The van der Waals surface area contributed by atoms with Crippen LogP contribution in [0.15, 0.2) is 73.0 Å². The number of halogens is 5. The third kappa shape index (κ3) is 5.16. The summed E-state index contributed by atoms with van der Waals surface area (Å²) in [4.78, 5) is 4.23. The first kappa shape index (κ1) is 25.9. The third-order valence-electron chi connectivity index (χ3n) is 6.76. The Morgan fingerprint density at radius 3 is 2.39 bits per heavy atom. The van der Waals surface area contributed by atoms with E-state index in [1.54, 1.807) is 12.1 Å². The predicted molar refractivity (Wildman–Crippen MR) is 144 cm³/mol. The Morgan fingerprint density at radius 2 is 1.79 bits per heavy atom. The van der Waals surface area contributed by atoms with Gasteiger partial charge in [-0.1, -0.05) is 72.7 Å². The molecule has 0 saturated heterocycles. The Hall–Kier alpha value is -3.71. The van der Waals surface area contributed by atoms with E-state index in [1.807, 2.05) is 49.4 Å². The van der Waals surface area contributed by atoms with E-state index in [-0.39, 0.29) is 10.9 Å². The van der Waals surface area contributed by atoms with Crippen molar-refractivity contribution >= 4 is 39.7 Å². The highest BCUT2D eigenvalue weighted by Crippen LogP contribution is 2.47. The predicted octanol–water partition coefficient (Wildman–Crippen LogP) is 9.12. The molecule has 4 aromatic rings. The first-order valence-electron chi connectivity index (χ1n) is 12.2. The number of H-pyrrole nitrogens is 1. The average Bonchev–Trinajstić information content (AvgIpc) is 3.21. The fourth-order valence-corrected chi connectivity index (χ4v) is 4.88. The number of aromatic amines is 1. The summed E-state index contributed by atoms with van der Waals surface area (Å²) in [6.45, 7) is 5.79. The van der Waals surface area contributed by atoms with Gasteiger partial charge in [0, 0.05) is 6.20 Å². The number of pyridine rings is 1. The van der Waals surface area contributed by atoms with Gasteiger partial charge in [-0.05, 0) is 71.7 Å². The summed E-state index contributed by atoms with van der Waals surface area (Å²) < 4.78 is 54.6.